The molecule has 0 aromatic rings. The number of carbonyl (C=O) groups excluding carboxylic acids is 1. The van der Waals surface area contributed by atoms with Crippen molar-refractivity contribution < 1.29 is 4.79 Å². The molecule has 0 N–H and O–H groups in total. The summed E-state index contributed by atoms with van der Waals surface area (Å²) in [4.78, 5) is 13.5. The molecule has 1 heterocycles. The molecule has 2 unspecified atom stereocenters. The highest BCUT2D eigenvalue weighted by Gasteiger charge is 2.28. The van der Waals surface area contributed by atoms with Gasteiger partial charge in [0.2, 0.25) is 5.91 Å². The van der Waals surface area contributed by atoms with Crippen molar-refractivity contribution in [1.82, 2.24) is 4.90 Å². The maximum Gasteiger partial charge on any atom is 0.222 e. The molecule has 1 fully saturated rings. The molecule has 0 aromatic heterocycles. The van der Waals surface area contributed by atoms with Gasteiger partial charge in [0, 0.05) is 24.8 Å². The summed E-state index contributed by atoms with van der Waals surface area (Å²) in [5.41, 5.74) is 0. The van der Waals surface area contributed by atoms with Gasteiger partial charge in [-0.15, -0.1) is 0 Å². The number of amides is 1. The van der Waals surface area contributed by atoms with Gasteiger partial charge in [-0.1, -0.05) is 36.2 Å². The summed E-state index contributed by atoms with van der Waals surface area (Å²) in [6.45, 7) is 6.23. The predicted molar refractivity (Wildman–Crippen MR) is 57.9 cm³/mol. The zero-order valence-corrected chi connectivity index (χ0v) is 10.0. The Labute approximate surface area is 88.8 Å². The monoisotopic (exact) mass is 247 g/mol. The molecule has 0 saturated carbocycles. The number of hydrogen-bond donors (Lipinski definition) is 0. The van der Waals surface area contributed by atoms with Crippen LogP contribution in [0.25, 0.3) is 0 Å². The van der Waals surface area contributed by atoms with Crippen LogP contribution in [0.2, 0.25) is 0 Å². The molecule has 76 valence electrons. The standard InChI is InChI=1S/C10H18BrNO/c1-3-9-4-10(13)12(7-9)6-8(2)5-11/h8-9H,3-7H2,1-2H3. The van der Waals surface area contributed by atoms with E-state index in [9.17, 15) is 4.79 Å². The summed E-state index contributed by atoms with van der Waals surface area (Å²) in [7, 11) is 0. The van der Waals surface area contributed by atoms with Crippen molar-refractivity contribution >= 4 is 21.8 Å². The molecule has 1 aliphatic heterocycles. The van der Waals surface area contributed by atoms with Crippen molar-refractivity contribution in [2.45, 2.75) is 26.7 Å². The van der Waals surface area contributed by atoms with E-state index in [0.29, 0.717) is 17.7 Å². The van der Waals surface area contributed by atoms with Gasteiger partial charge in [0.1, 0.15) is 0 Å². The first-order chi connectivity index (χ1) is 6.17. The molecule has 13 heavy (non-hydrogen) atoms. The number of rotatable bonds is 4. The van der Waals surface area contributed by atoms with E-state index in [0.717, 1.165) is 31.3 Å². The first-order valence-electron chi connectivity index (χ1n) is 5.01. The Kier molecular flexibility index (Phi) is 4.23. The van der Waals surface area contributed by atoms with E-state index >= 15 is 0 Å². The van der Waals surface area contributed by atoms with E-state index in [1.807, 2.05) is 4.90 Å². The van der Waals surface area contributed by atoms with Gasteiger partial charge in [-0.3, -0.25) is 4.79 Å². The second-order valence-electron chi connectivity index (χ2n) is 4.04. The van der Waals surface area contributed by atoms with Gasteiger partial charge < -0.3 is 4.90 Å². The van der Waals surface area contributed by atoms with E-state index in [1.54, 1.807) is 0 Å². The predicted octanol–water partition coefficient (Wildman–Crippen LogP) is 2.28. The van der Waals surface area contributed by atoms with Gasteiger partial charge in [-0.25, -0.2) is 0 Å². The fourth-order valence-corrected chi connectivity index (χ4v) is 1.93. The van der Waals surface area contributed by atoms with E-state index < -0.39 is 0 Å². The summed E-state index contributed by atoms with van der Waals surface area (Å²) in [6, 6.07) is 0. The minimum atomic E-state index is 0.347. The molecule has 1 saturated heterocycles. The number of carbonyl (C=O) groups is 1. The largest absolute Gasteiger partial charge is 0.342 e. The SMILES string of the molecule is CCC1CC(=O)N(CC(C)CBr)C1. The van der Waals surface area contributed by atoms with Gasteiger partial charge in [-0.2, -0.15) is 0 Å². The maximum absolute atomic E-state index is 11.5. The lowest BCUT2D eigenvalue weighted by Crippen LogP contribution is -2.30. The van der Waals surface area contributed by atoms with E-state index in [1.165, 1.54) is 0 Å². The van der Waals surface area contributed by atoms with Crippen molar-refractivity contribution in [1.29, 1.82) is 0 Å². The van der Waals surface area contributed by atoms with Gasteiger partial charge in [0.25, 0.3) is 0 Å². The van der Waals surface area contributed by atoms with Crippen LogP contribution in [0.15, 0.2) is 0 Å². The third-order valence-electron chi connectivity index (χ3n) is 2.67. The molecule has 2 atom stereocenters. The summed E-state index contributed by atoms with van der Waals surface area (Å²) < 4.78 is 0. The quantitative estimate of drug-likeness (QED) is 0.699. The van der Waals surface area contributed by atoms with Crippen molar-refractivity contribution in [3.63, 3.8) is 0 Å². The molecule has 2 nitrogen and oxygen atoms in total. The van der Waals surface area contributed by atoms with E-state index in [-0.39, 0.29) is 0 Å². The van der Waals surface area contributed by atoms with E-state index in [4.69, 9.17) is 0 Å². The smallest absolute Gasteiger partial charge is 0.222 e. The molecule has 3 heteroatoms. The fraction of sp³-hybridized carbons (Fsp3) is 0.900. The van der Waals surface area contributed by atoms with Crippen molar-refractivity contribution in [3.8, 4) is 0 Å². The minimum Gasteiger partial charge on any atom is -0.342 e. The Morgan fingerprint density at radius 1 is 1.69 bits per heavy atom. The average molecular weight is 248 g/mol. The summed E-state index contributed by atoms with van der Waals surface area (Å²) in [5, 5.41) is 0.980. The first kappa shape index (κ1) is 11.0. The van der Waals surface area contributed by atoms with Crippen LogP contribution in [-0.4, -0.2) is 29.2 Å². The van der Waals surface area contributed by atoms with Crippen LogP contribution in [0.1, 0.15) is 26.7 Å². The molecule has 0 aromatic carbocycles. The number of alkyl halides is 1. The van der Waals surface area contributed by atoms with Crippen LogP contribution in [0.3, 0.4) is 0 Å². The second kappa shape index (κ2) is 4.99. The lowest BCUT2D eigenvalue weighted by atomic mass is 10.1. The molecule has 0 aliphatic carbocycles. The summed E-state index contributed by atoms with van der Waals surface area (Å²) in [6.07, 6.45) is 1.90. The molecule has 1 amide bonds. The molecular weight excluding hydrogens is 230 g/mol. The van der Waals surface area contributed by atoms with E-state index in [2.05, 4.69) is 29.8 Å². The highest BCUT2D eigenvalue weighted by molar-refractivity contribution is 9.09. The van der Waals surface area contributed by atoms with Gasteiger partial charge in [-0.05, 0) is 11.8 Å². The molecule has 1 rings (SSSR count). The molecule has 0 bridgehead atoms. The number of nitrogens with zero attached hydrogens (tertiary/aromatic N) is 1. The molecule has 1 aliphatic rings. The maximum atomic E-state index is 11.5. The van der Waals surface area contributed by atoms with Crippen molar-refractivity contribution in [3.05, 3.63) is 0 Å². The van der Waals surface area contributed by atoms with Gasteiger partial charge in [0.05, 0.1) is 0 Å². The number of halogens is 1. The molecule has 0 spiro atoms. The number of hydrogen-bond acceptors (Lipinski definition) is 1. The summed E-state index contributed by atoms with van der Waals surface area (Å²) in [5.74, 6) is 1.52. The van der Waals surface area contributed by atoms with Crippen LogP contribution in [-0.2, 0) is 4.79 Å². The second-order valence-corrected chi connectivity index (χ2v) is 4.68. The van der Waals surface area contributed by atoms with Crippen LogP contribution in [0, 0.1) is 11.8 Å². The Hall–Kier alpha value is -0.0500. The minimum absolute atomic E-state index is 0.347. The van der Waals surface area contributed by atoms with Crippen molar-refractivity contribution in [2.24, 2.45) is 11.8 Å². The van der Waals surface area contributed by atoms with Crippen LogP contribution in [0.4, 0.5) is 0 Å². The highest BCUT2D eigenvalue weighted by Crippen LogP contribution is 2.21. The Bertz CT molecular complexity index is 184. The summed E-state index contributed by atoms with van der Waals surface area (Å²) >= 11 is 3.44. The van der Waals surface area contributed by atoms with Crippen LogP contribution < -0.4 is 0 Å². The third kappa shape index (κ3) is 2.97. The Morgan fingerprint density at radius 2 is 2.38 bits per heavy atom. The van der Waals surface area contributed by atoms with Crippen molar-refractivity contribution in [2.75, 3.05) is 18.4 Å². The van der Waals surface area contributed by atoms with Crippen LogP contribution in [0.5, 0.6) is 0 Å². The molecule has 0 radical (unpaired) electrons. The zero-order chi connectivity index (χ0) is 9.84. The number of likely N-dealkylation sites (tertiary alicyclic amines) is 1. The third-order valence-corrected chi connectivity index (χ3v) is 3.77. The fourth-order valence-electron chi connectivity index (χ4n) is 1.73. The van der Waals surface area contributed by atoms with Gasteiger partial charge >= 0.3 is 0 Å². The highest BCUT2D eigenvalue weighted by atomic mass is 79.9. The average Bonchev–Trinajstić information content (AvgIpc) is 2.47. The van der Waals surface area contributed by atoms with Crippen LogP contribution >= 0.6 is 15.9 Å². The lowest BCUT2D eigenvalue weighted by molar-refractivity contribution is -0.128. The topological polar surface area (TPSA) is 20.3 Å². The normalized spacial score (nSPS) is 25.3. The lowest BCUT2D eigenvalue weighted by Gasteiger charge is -2.19. The van der Waals surface area contributed by atoms with Gasteiger partial charge in [0.15, 0.2) is 0 Å². The zero-order valence-electron chi connectivity index (χ0n) is 8.42. The Balaban J connectivity index is 2.39. The first-order valence-corrected chi connectivity index (χ1v) is 6.13. The Morgan fingerprint density at radius 3 is 2.85 bits per heavy atom. The molecular formula is C10H18BrNO.